The zero-order chi connectivity index (χ0) is 16.0. The van der Waals surface area contributed by atoms with Crippen molar-refractivity contribution in [2.45, 2.75) is 40.2 Å². The number of hydrogen-bond donors (Lipinski definition) is 3. The van der Waals surface area contributed by atoms with Gasteiger partial charge in [-0.3, -0.25) is 9.59 Å². The third-order valence-corrected chi connectivity index (χ3v) is 3.20. The summed E-state index contributed by atoms with van der Waals surface area (Å²) in [4.78, 5) is 23.6. The van der Waals surface area contributed by atoms with Gasteiger partial charge in [0, 0.05) is 12.2 Å². The Balaban J connectivity index is 2.51. The van der Waals surface area contributed by atoms with Crippen molar-refractivity contribution in [3.63, 3.8) is 0 Å². The summed E-state index contributed by atoms with van der Waals surface area (Å²) in [6, 6.07) is 5.67. The van der Waals surface area contributed by atoms with Gasteiger partial charge in [0.25, 0.3) is 0 Å². The summed E-state index contributed by atoms with van der Waals surface area (Å²) in [6.45, 7) is 7.77. The summed E-state index contributed by atoms with van der Waals surface area (Å²) in [7, 11) is 0. The van der Waals surface area contributed by atoms with Crippen molar-refractivity contribution in [3.8, 4) is 0 Å². The van der Waals surface area contributed by atoms with Crippen molar-refractivity contribution < 1.29 is 14.7 Å². The first-order valence-electron chi connectivity index (χ1n) is 7.14. The predicted octanol–water partition coefficient (Wildman–Crippen LogP) is 1.77. The van der Waals surface area contributed by atoms with E-state index in [1.807, 2.05) is 39.0 Å². The minimum Gasteiger partial charge on any atom is -0.393 e. The van der Waals surface area contributed by atoms with Gasteiger partial charge in [0.2, 0.25) is 0 Å². The van der Waals surface area contributed by atoms with Gasteiger partial charge < -0.3 is 15.7 Å². The van der Waals surface area contributed by atoms with Gasteiger partial charge in [0.05, 0.1) is 6.10 Å². The van der Waals surface area contributed by atoms with Gasteiger partial charge in [-0.25, -0.2) is 0 Å². The molecule has 5 nitrogen and oxygen atoms in total. The fraction of sp³-hybridized carbons (Fsp3) is 0.500. The van der Waals surface area contributed by atoms with E-state index in [0.717, 1.165) is 11.1 Å². The van der Waals surface area contributed by atoms with E-state index in [0.29, 0.717) is 18.7 Å². The van der Waals surface area contributed by atoms with Crippen molar-refractivity contribution in [3.05, 3.63) is 29.3 Å². The molecule has 2 unspecified atom stereocenters. The van der Waals surface area contributed by atoms with Crippen molar-refractivity contribution in [1.82, 2.24) is 5.32 Å². The molecule has 0 aliphatic heterocycles. The molecular formula is C16H24N2O3. The molecule has 5 heteroatoms. The third-order valence-electron chi connectivity index (χ3n) is 3.20. The molecule has 0 aromatic heterocycles. The Hall–Kier alpha value is -1.88. The minimum absolute atomic E-state index is 0.113. The monoisotopic (exact) mass is 292 g/mol. The predicted molar refractivity (Wildman–Crippen MR) is 83.0 cm³/mol. The van der Waals surface area contributed by atoms with Crippen LogP contribution < -0.4 is 10.6 Å². The number of benzene rings is 1. The lowest BCUT2D eigenvalue weighted by Gasteiger charge is -2.14. The first kappa shape index (κ1) is 17.2. The number of rotatable bonds is 5. The Labute approximate surface area is 125 Å². The lowest BCUT2D eigenvalue weighted by Crippen LogP contribution is -2.38. The highest BCUT2D eigenvalue weighted by Gasteiger charge is 2.16. The van der Waals surface area contributed by atoms with E-state index in [4.69, 9.17) is 0 Å². The lowest BCUT2D eigenvalue weighted by molar-refractivity contribution is -0.136. The highest BCUT2D eigenvalue weighted by atomic mass is 16.3. The largest absolute Gasteiger partial charge is 0.393 e. The Morgan fingerprint density at radius 2 is 1.86 bits per heavy atom. The molecule has 1 aromatic carbocycles. The van der Waals surface area contributed by atoms with E-state index >= 15 is 0 Å². The van der Waals surface area contributed by atoms with E-state index in [-0.39, 0.29) is 5.92 Å². The summed E-state index contributed by atoms with van der Waals surface area (Å²) >= 11 is 0. The Morgan fingerprint density at radius 3 is 2.48 bits per heavy atom. The van der Waals surface area contributed by atoms with Crippen molar-refractivity contribution in [2.24, 2.45) is 5.92 Å². The Kier molecular flexibility index (Phi) is 6.37. The van der Waals surface area contributed by atoms with Gasteiger partial charge in [0.1, 0.15) is 0 Å². The van der Waals surface area contributed by atoms with Crippen LogP contribution in [0, 0.1) is 19.8 Å². The van der Waals surface area contributed by atoms with Crippen LogP contribution in [0.25, 0.3) is 0 Å². The molecule has 1 rings (SSSR count). The summed E-state index contributed by atoms with van der Waals surface area (Å²) in [5.74, 6) is -1.22. The molecule has 0 radical (unpaired) electrons. The average Bonchev–Trinajstić information content (AvgIpc) is 2.39. The van der Waals surface area contributed by atoms with E-state index in [1.54, 1.807) is 6.92 Å². The second-order valence-corrected chi connectivity index (χ2v) is 5.67. The Morgan fingerprint density at radius 1 is 1.19 bits per heavy atom. The van der Waals surface area contributed by atoms with E-state index in [2.05, 4.69) is 10.6 Å². The first-order valence-corrected chi connectivity index (χ1v) is 7.14. The molecule has 0 aliphatic carbocycles. The lowest BCUT2D eigenvalue weighted by atomic mass is 10.0. The molecule has 0 spiro atoms. The van der Waals surface area contributed by atoms with Crippen LogP contribution in [0.15, 0.2) is 18.2 Å². The van der Waals surface area contributed by atoms with Crippen LogP contribution in [-0.4, -0.2) is 29.6 Å². The maximum Gasteiger partial charge on any atom is 0.313 e. The molecular weight excluding hydrogens is 268 g/mol. The van der Waals surface area contributed by atoms with E-state index in [9.17, 15) is 14.7 Å². The number of nitrogens with one attached hydrogen (secondary N) is 2. The van der Waals surface area contributed by atoms with Crippen LogP contribution in [0.2, 0.25) is 0 Å². The van der Waals surface area contributed by atoms with E-state index < -0.39 is 17.9 Å². The summed E-state index contributed by atoms with van der Waals surface area (Å²) in [6.07, 6.45) is 0.166. The van der Waals surface area contributed by atoms with E-state index in [1.165, 1.54) is 0 Å². The molecule has 0 aliphatic rings. The molecule has 0 saturated heterocycles. The summed E-state index contributed by atoms with van der Waals surface area (Å²) in [5.41, 5.74) is 2.57. The molecule has 21 heavy (non-hydrogen) atoms. The van der Waals surface area contributed by atoms with Gasteiger partial charge in [-0.2, -0.15) is 0 Å². The maximum absolute atomic E-state index is 11.8. The SMILES string of the molecule is Cc1ccc(C)c(NC(=O)C(=O)NCC(C)CC(C)O)c1. The summed E-state index contributed by atoms with van der Waals surface area (Å²) < 4.78 is 0. The minimum atomic E-state index is -0.673. The fourth-order valence-corrected chi connectivity index (χ4v) is 2.06. The number of aliphatic hydroxyl groups excluding tert-OH is 1. The zero-order valence-corrected chi connectivity index (χ0v) is 13.1. The topological polar surface area (TPSA) is 78.4 Å². The van der Waals surface area contributed by atoms with Crippen LogP contribution in [0.5, 0.6) is 0 Å². The first-order chi connectivity index (χ1) is 9.79. The molecule has 2 atom stereocenters. The Bertz CT molecular complexity index is 512. The second kappa shape index (κ2) is 7.78. The van der Waals surface area contributed by atoms with Crippen LogP contribution in [-0.2, 0) is 9.59 Å². The molecule has 3 N–H and O–H groups in total. The molecule has 0 saturated carbocycles. The quantitative estimate of drug-likeness (QED) is 0.724. The second-order valence-electron chi connectivity index (χ2n) is 5.67. The van der Waals surface area contributed by atoms with Gasteiger partial charge in [-0.05, 0) is 50.3 Å². The normalized spacial score (nSPS) is 13.4. The van der Waals surface area contributed by atoms with Crippen LogP contribution >= 0.6 is 0 Å². The van der Waals surface area contributed by atoms with Gasteiger partial charge in [0.15, 0.2) is 0 Å². The summed E-state index contributed by atoms with van der Waals surface area (Å²) in [5, 5.41) is 14.5. The number of aliphatic hydroxyl groups is 1. The highest BCUT2D eigenvalue weighted by molar-refractivity contribution is 6.39. The number of carbonyl (C=O) groups is 2. The maximum atomic E-state index is 11.8. The molecule has 1 aromatic rings. The van der Waals surface area contributed by atoms with Gasteiger partial charge >= 0.3 is 11.8 Å². The molecule has 2 amide bonds. The van der Waals surface area contributed by atoms with Crippen LogP contribution in [0.3, 0.4) is 0 Å². The van der Waals surface area contributed by atoms with Gasteiger partial charge in [-0.15, -0.1) is 0 Å². The van der Waals surface area contributed by atoms with Crippen molar-refractivity contribution in [2.75, 3.05) is 11.9 Å². The van der Waals surface area contributed by atoms with Crippen LogP contribution in [0.4, 0.5) is 5.69 Å². The average molecular weight is 292 g/mol. The number of anilines is 1. The number of aryl methyl sites for hydroxylation is 2. The molecule has 0 bridgehead atoms. The fourth-order valence-electron chi connectivity index (χ4n) is 2.06. The molecule has 0 fully saturated rings. The molecule has 0 heterocycles. The molecule has 116 valence electrons. The number of amides is 2. The zero-order valence-electron chi connectivity index (χ0n) is 13.1. The number of carbonyl (C=O) groups excluding carboxylic acids is 2. The van der Waals surface area contributed by atoms with Crippen molar-refractivity contribution >= 4 is 17.5 Å². The number of hydrogen-bond acceptors (Lipinski definition) is 3. The van der Waals surface area contributed by atoms with Crippen molar-refractivity contribution in [1.29, 1.82) is 0 Å². The third kappa shape index (κ3) is 5.95. The van der Waals surface area contributed by atoms with Crippen LogP contribution in [0.1, 0.15) is 31.4 Å². The highest BCUT2D eigenvalue weighted by Crippen LogP contribution is 2.16. The van der Waals surface area contributed by atoms with Gasteiger partial charge in [-0.1, -0.05) is 19.1 Å². The standard InChI is InChI=1S/C16H24N2O3/c1-10-5-6-12(3)14(8-10)18-16(21)15(20)17-9-11(2)7-13(4)19/h5-6,8,11,13,19H,7,9H2,1-4H3,(H,17,20)(H,18,21). The smallest absolute Gasteiger partial charge is 0.313 e.